The van der Waals surface area contributed by atoms with Gasteiger partial charge in [-0.3, -0.25) is 9.59 Å². The topological polar surface area (TPSA) is 81.0 Å². The number of imide groups is 1. The zero-order valence-corrected chi connectivity index (χ0v) is 11.5. The van der Waals surface area contributed by atoms with Gasteiger partial charge in [0.15, 0.2) is 0 Å². The monoisotopic (exact) mass is 309 g/mol. The number of hydrogen-bond acceptors (Lipinski definition) is 5. The predicted octanol–water partition coefficient (Wildman–Crippen LogP) is 1.60. The molecule has 0 bridgehead atoms. The fourth-order valence-electron chi connectivity index (χ4n) is 2.50. The molecule has 0 aliphatic carbocycles. The van der Waals surface area contributed by atoms with Crippen molar-refractivity contribution in [3.05, 3.63) is 65.7 Å². The van der Waals surface area contributed by atoms with Crippen LogP contribution in [0.4, 0.5) is 10.1 Å². The molecule has 3 aromatic rings. The Morgan fingerprint density at radius 3 is 2.26 bits per heavy atom. The molecule has 0 radical (unpaired) electrons. The first kappa shape index (κ1) is 13.3. The molecule has 4 rings (SSSR count). The molecular weight excluding hydrogens is 301 g/mol. The van der Waals surface area contributed by atoms with E-state index in [-0.39, 0.29) is 16.8 Å². The molecule has 1 aromatic heterocycles. The summed E-state index contributed by atoms with van der Waals surface area (Å²) in [6, 6.07) is 10.4. The van der Waals surface area contributed by atoms with Crippen molar-refractivity contribution in [2.75, 3.05) is 4.90 Å². The molecule has 8 heteroatoms. The minimum absolute atomic E-state index is 0.135. The zero-order chi connectivity index (χ0) is 16.0. The van der Waals surface area contributed by atoms with Gasteiger partial charge >= 0.3 is 0 Å². The molecule has 1 aliphatic rings. The van der Waals surface area contributed by atoms with Gasteiger partial charge in [-0.05, 0) is 40.8 Å². The van der Waals surface area contributed by atoms with E-state index in [4.69, 9.17) is 0 Å². The van der Waals surface area contributed by atoms with Gasteiger partial charge in [-0.1, -0.05) is 12.1 Å². The molecule has 7 nitrogen and oxygen atoms in total. The van der Waals surface area contributed by atoms with Crippen LogP contribution in [0.3, 0.4) is 0 Å². The van der Waals surface area contributed by atoms with Crippen LogP contribution < -0.4 is 4.90 Å². The van der Waals surface area contributed by atoms with Gasteiger partial charge < -0.3 is 0 Å². The van der Waals surface area contributed by atoms with Crippen LogP contribution in [-0.4, -0.2) is 32.0 Å². The Labute approximate surface area is 129 Å². The molecule has 0 saturated heterocycles. The molecule has 0 N–H and O–H groups in total. The number of tetrazole rings is 1. The molecule has 2 amide bonds. The van der Waals surface area contributed by atoms with Crippen LogP contribution in [0, 0.1) is 5.82 Å². The molecule has 0 saturated carbocycles. The van der Waals surface area contributed by atoms with Crippen molar-refractivity contribution in [2.24, 2.45) is 0 Å². The van der Waals surface area contributed by atoms with E-state index >= 15 is 0 Å². The second-order valence-corrected chi connectivity index (χ2v) is 4.88. The Bertz CT molecular complexity index is 904. The van der Waals surface area contributed by atoms with Crippen molar-refractivity contribution in [1.82, 2.24) is 20.2 Å². The number of rotatable bonds is 2. The molecule has 0 spiro atoms. The summed E-state index contributed by atoms with van der Waals surface area (Å²) in [6.07, 6.45) is 1.33. The third kappa shape index (κ3) is 1.92. The lowest BCUT2D eigenvalue weighted by Gasteiger charge is -2.15. The van der Waals surface area contributed by atoms with Crippen molar-refractivity contribution in [3.63, 3.8) is 0 Å². The van der Waals surface area contributed by atoms with E-state index in [2.05, 4.69) is 15.5 Å². The lowest BCUT2D eigenvalue weighted by molar-refractivity contribution is 0.0925. The fraction of sp³-hybridized carbons (Fsp3) is 0. The molecule has 112 valence electrons. The summed E-state index contributed by atoms with van der Waals surface area (Å²) in [5, 5.41) is 10.7. The molecule has 2 heterocycles. The largest absolute Gasteiger partial charge is 0.268 e. The van der Waals surface area contributed by atoms with E-state index in [1.807, 2.05) is 0 Å². The van der Waals surface area contributed by atoms with Crippen LogP contribution in [0.1, 0.15) is 20.7 Å². The van der Waals surface area contributed by atoms with E-state index in [0.717, 1.165) is 11.0 Å². The molecule has 0 unspecified atom stereocenters. The summed E-state index contributed by atoms with van der Waals surface area (Å²) in [4.78, 5) is 25.7. The Morgan fingerprint density at radius 1 is 0.957 bits per heavy atom. The second kappa shape index (κ2) is 4.80. The highest BCUT2D eigenvalue weighted by molar-refractivity contribution is 6.34. The summed E-state index contributed by atoms with van der Waals surface area (Å²) < 4.78 is 15.5. The second-order valence-electron chi connectivity index (χ2n) is 4.88. The van der Waals surface area contributed by atoms with Crippen LogP contribution in [-0.2, 0) is 0 Å². The number of fused-ring (bicyclic) bond motifs is 1. The van der Waals surface area contributed by atoms with Gasteiger partial charge in [-0.15, -0.1) is 5.10 Å². The normalized spacial score (nSPS) is 13.5. The summed E-state index contributed by atoms with van der Waals surface area (Å²) in [5.74, 6) is -1.80. The number of anilines is 1. The highest BCUT2D eigenvalue weighted by Crippen LogP contribution is 2.31. The van der Waals surface area contributed by atoms with Crippen molar-refractivity contribution in [3.8, 4) is 5.69 Å². The van der Waals surface area contributed by atoms with E-state index in [1.165, 1.54) is 23.1 Å². The van der Waals surface area contributed by atoms with Crippen LogP contribution >= 0.6 is 0 Å². The average molecular weight is 309 g/mol. The number of benzene rings is 2. The highest BCUT2D eigenvalue weighted by atomic mass is 19.1. The Morgan fingerprint density at radius 2 is 1.65 bits per heavy atom. The van der Waals surface area contributed by atoms with Gasteiger partial charge in [0.25, 0.3) is 11.8 Å². The van der Waals surface area contributed by atoms with Gasteiger partial charge in [-0.25, -0.2) is 14.0 Å². The van der Waals surface area contributed by atoms with E-state index < -0.39 is 17.6 Å². The van der Waals surface area contributed by atoms with Gasteiger partial charge in [0.05, 0.1) is 22.5 Å². The number of halogens is 1. The maximum absolute atomic E-state index is 14.2. The van der Waals surface area contributed by atoms with Gasteiger partial charge in [0, 0.05) is 0 Å². The van der Waals surface area contributed by atoms with Crippen molar-refractivity contribution in [2.45, 2.75) is 0 Å². The van der Waals surface area contributed by atoms with Gasteiger partial charge in [0.2, 0.25) is 0 Å². The highest BCUT2D eigenvalue weighted by Gasteiger charge is 2.37. The first-order valence-electron chi connectivity index (χ1n) is 6.67. The van der Waals surface area contributed by atoms with Crippen LogP contribution in [0.15, 0.2) is 48.8 Å². The Balaban J connectivity index is 1.84. The third-order valence-corrected chi connectivity index (χ3v) is 3.58. The number of carbonyl (C=O) groups excluding carboxylic acids is 2. The number of hydrogen-bond donors (Lipinski definition) is 0. The van der Waals surface area contributed by atoms with Crippen LogP contribution in [0.25, 0.3) is 5.69 Å². The summed E-state index contributed by atoms with van der Waals surface area (Å²) in [5.41, 5.74) is 0.807. The van der Waals surface area contributed by atoms with Gasteiger partial charge in [0.1, 0.15) is 12.1 Å². The maximum atomic E-state index is 14.2. The predicted molar refractivity (Wildman–Crippen MR) is 76.7 cm³/mol. The fourth-order valence-corrected chi connectivity index (χ4v) is 2.50. The van der Waals surface area contributed by atoms with Crippen molar-refractivity contribution < 1.29 is 14.0 Å². The number of aromatic nitrogens is 4. The molecule has 0 atom stereocenters. The van der Waals surface area contributed by atoms with E-state index in [9.17, 15) is 14.0 Å². The number of carbonyl (C=O) groups is 2. The smallest absolute Gasteiger partial charge is 0.266 e. The SMILES string of the molecule is O=C1c2ccccc2C(=O)N1c1cc(-n2cnnn2)ccc1F. The molecule has 23 heavy (non-hydrogen) atoms. The lowest BCUT2D eigenvalue weighted by Crippen LogP contribution is -2.30. The Kier molecular flexibility index (Phi) is 2.77. The average Bonchev–Trinajstić information content (AvgIpc) is 3.18. The van der Waals surface area contributed by atoms with E-state index in [0.29, 0.717) is 5.69 Å². The zero-order valence-electron chi connectivity index (χ0n) is 11.5. The summed E-state index contributed by atoms with van der Waals surface area (Å²) in [6.45, 7) is 0. The minimum Gasteiger partial charge on any atom is -0.268 e. The molecule has 1 aliphatic heterocycles. The van der Waals surface area contributed by atoms with Crippen LogP contribution in [0.2, 0.25) is 0 Å². The minimum atomic E-state index is -0.684. The summed E-state index contributed by atoms with van der Waals surface area (Å²) in [7, 11) is 0. The first-order chi connectivity index (χ1) is 11.2. The van der Waals surface area contributed by atoms with E-state index in [1.54, 1.807) is 24.3 Å². The van der Waals surface area contributed by atoms with Gasteiger partial charge in [-0.2, -0.15) is 0 Å². The lowest BCUT2D eigenvalue weighted by atomic mass is 10.1. The molecule has 0 fully saturated rings. The first-order valence-corrected chi connectivity index (χ1v) is 6.67. The number of amides is 2. The quantitative estimate of drug-likeness (QED) is 0.672. The Hall–Kier alpha value is -3.42. The molecular formula is C15H8FN5O2. The molecule has 2 aromatic carbocycles. The standard InChI is InChI=1S/C15H8FN5O2/c16-12-6-5-9(20-8-17-18-19-20)7-13(12)21-14(22)10-3-1-2-4-11(10)15(21)23/h1-8H. The maximum Gasteiger partial charge on any atom is 0.266 e. The van der Waals surface area contributed by atoms with Crippen molar-refractivity contribution in [1.29, 1.82) is 0 Å². The van der Waals surface area contributed by atoms with Crippen molar-refractivity contribution >= 4 is 17.5 Å². The van der Waals surface area contributed by atoms with Crippen LogP contribution in [0.5, 0.6) is 0 Å². The summed E-state index contributed by atoms with van der Waals surface area (Å²) >= 11 is 0. The number of nitrogens with zero attached hydrogens (tertiary/aromatic N) is 5. The third-order valence-electron chi connectivity index (χ3n) is 3.58.